The Labute approximate surface area is 198 Å². The maximum Gasteiger partial charge on any atom is 0.303 e. The number of ether oxygens (including phenoxy) is 4. The minimum atomic E-state index is -1.14. The highest BCUT2D eigenvalue weighted by molar-refractivity contribution is 5.72. The highest BCUT2D eigenvalue weighted by atomic mass is 16.7. The number of benzene rings is 1. The van der Waals surface area contributed by atoms with Crippen molar-refractivity contribution in [1.82, 2.24) is 19.5 Å². The minimum absolute atomic E-state index is 0.0151. The van der Waals surface area contributed by atoms with E-state index >= 15 is 0 Å². The normalized spacial score (nSPS) is 21.5. The van der Waals surface area contributed by atoms with Crippen LogP contribution in [0.3, 0.4) is 0 Å². The number of nitrogens with one attached hydrogen (secondary N) is 2. The molecule has 1 aliphatic rings. The second kappa shape index (κ2) is 9.93. The second-order valence-corrected chi connectivity index (χ2v) is 7.75. The van der Waals surface area contributed by atoms with Crippen molar-refractivity contribution in [2.45, 2.75) is 45.3 Å². The van der Waals surface area contributed by atoms with Crippen LogP contribution in [0.5, 0.6) is 0 Å². The molecule has 3 heterocycles. The number of H-pyrrole nitrogens is 1. The lowest BCUT2D eigenvalue weighted by Gasteiger charge is -2.23. The average Bonchev–Trinajstić information content (AvgIpc) is 3.34. The van der Waals surface area contributed by atoms with Gasteiger partial charge in [0.2, 0.25) is 5.95 Å². The van der Waals surface area contributed by atoms with Crippen LogP contribution in [-0.4, -0.2) is 62.3 Å². The summed E-state index contributed by atoms with van der Waals surface area (Å²) >= 11 is 0. The highest BCUT2D eigenvalue weighted by Crippen LogP contribution is 2.35. The van der Waals surface area contributed by atoms with Crippen LogP contribution in [0, 0.1) is 0 Å². The molecule has 2 aromatic heterocycles. The lowest BCUT2D eigenvalue weighted by molar-refractivity contribution is -0.166. The average molecular weight is 485 g/mol. The van der Waals surface area contributed by atoms with Crippen molar-refractivity contribution in [2.24, 2.45) is 0 Å². The summed E-state index contributed by atoms with van der Waals surface area (Å²) in [6.07, 6.45) is -2.98. The lowest BCUT2D eigenvalue weighted by Crippen LogP contribution is -2.40. The molecule has 3 aromatic rings. The molecule has 0 bridgehead atoms. The molecular weight excluding hydrogens is 462 g/mol. The van der Waals surface area contributed by atoms with E-state index in [1.54, 1.807) is 12.1 Å². The third-order valence-electron chi connectivity index (χ3n) is 5.08. The number of rotatable bonds is 7. The number of hydrogen-bond acceptors (Lipinski definition) is 11. The zero-order valence-corrected chi connectivity index (χ0v) is 19.1. The Hall–Kier alpha value is -4.26. The summed E-state index contributed by atoms with van der Waals surface area (Å²) in [5, 5.41) is 3.00. The van der Waals surface area contributed by atoms with Gasteiger partial charge in [0.1, 0.15) is 12.7 Å². The Morgan fingerprint density at radius 3 is 2.40 bits per heavy atom. The molecule has 4 unspecified atom stereocenters. The van der Waals surface area contributed by atoms with E-state index in [1.807, 2.05) is 18.2 Å². The summed E-state index contributed by atoms with van der Waals surface area (Å²) in [7, 11) is 0. The molecule has 1 aliphatic heterocycles. The molecule has 1 saturated heterocycles. The Balaban J connectivity index is 1.74. The van der Waals surface area contributed by atoms with E-state index in [1.165, 1.54) is 31.7 Å². The van der Waals surface area contributed by atoms with Crippen LogP contribution in [0.2, 0.25) is 0 Å². The van der Waals surface area contributed by atoms with Gasteiger partial charge in [0.15, 0.2) is 29.6 Å². The molecule has 4 atom stereocenters. The van der Waals surface area contributed by atoms with E-state index in [-0.39, 0.29) is 23.7 Å². The number of carbonyl (C=O) groups is 3. The van der Waals surface area contributed by atoms with Gasteiger partial charge in [-0.3, -0.25) is 28.7 Å². The first-order chi connectivity index (χ1) is 16.7. The van der Waals surface area contributed by atoms with Gasteiger partial charge in [-0.1, -0.05) is 18.2 Å². The van der Waals surface area contributed by atoms with Crippen molar-refractivity contribution in [2.75, 3.05) is 11.9 Å². The first kappa shape index (κ1) is 23.9. The zero-order valence-electron chi connectivity index (χ0n) is 19.1. The zero-order chi connectivity index (χ0) is 25.1. The van der Waals surface area contributed by atoms with Gasteiger partial charge >= 0.3 is 17.9 Å². The van der Waals surface area contributed by atoms with E-state index in [9.17, 15) is 19.2 Å². The van der Waals surface area contributed by atoms with Crippen molar-refractivity contribution in [1.29, 1.82) is 0 Å². The molecular formula is C22H23N5O8. The number of aromatic nitrogens is 4. The summed E-state index contributed by atoms with van der Waals surface area (Å²) < 4.78 is 23.3. The quantitative estimate of drug-likeness (QED) is 0.365. The smallest absolute Gasteiger partial charge is 0.303 e. The molecule has 0 saturated carbocycles. The maximum atomic E-state index is 12.7. The van der Waals surface area contributed by atoms with Crippen LogP contribution in [-0.2, 0) is 33.3 Å². The molecule has 0 radical (unpaired) electrons. The van der Waals surface area contributed by atoms with Crippen molar-refractivity contribution in [3.63, 3.8) is 0 Å². The van der Waals surface area contributed by atoms with Crippen molar-refractivity contribution in [3.8, 4) is 0 Å². The predicted molar refractivity (Wildman–Crippen MR) is 120 cm³/mol. The third kappa shape index (κ3) is 5.30. The van der Waals surface area contributed by atoms with E-state index in [4.69, 9.17) is 18.9 Å². The number of para-hydroxylation sites is 1. The number of fused-ring (bicyclic) bond motifs is 1. The molecule has 4 rings (SSSR count). The van der Waals surface area contributed by atoms with E-state index < -0.39 is 48.0 Å². The first-order valence-corrected chi connectivity index (χ1v) is 10.6. The summed E-state index contributed by atoms with van der Waals surface area (Å²) in [6, 6.07) is 9.07. The van der Waals surface area contributed by atoms with Gasteiger partial charge in [-0.2, -0.15) is 4.98 Å². The molecule has 35 heavy (non-hydrogen) atoms. The highest BCUT2D eigenvalue weighted by Gasteiger charge is 2.51. The van der Waals surface area contributed by atoms with Crippen LogP contribution in [0.15, 0.2) is 41.5 Å². The summed E-state index contributed by atoms with van der Waals surface area (Å²) in [4.78, 5) is 58.9. The van der Waals surface area contributed by atoms with Gasteiger partial charge in [0.05, 0.1) is 6.33 Å². The second-order valence-electron chi connectivity index (χ2n) is 7.75. The monoisotopic (exact) mass is 485 g/mol. The molecule has 0 spiro atoms. The summed E-state index contributed by atoms with van der Waals surface area (Å²) in [5.74, 6) is -1.73. The van der Waals surface area contributed by atoms with Gasteiger partial charge in [-0.25, -0.2) is 4.98 Å². The number of imidazole rings is 1. The fraction of sp³-hybridized carbons (Fsp3) is 0.364. The minimum Gasteiger partial charge on any atom is -0.463 e. The molecule has 2 N–H and O–H groups in total. The Bertz CT molecular complexity index is 1300. The Morgan fingerprint density at radius 2 is 1.74 bits per heavy atom. The van der Waals surface area contributed by atoms with Crippen LogP contribution in [0.1, 0.15) is 27.0 Å². The van der Waals surface area contributed by atoms with Crippen molar-refractivity contribution >= 4 is 40.7 Å². The van der Waals surface area contributed by atoms with Crippen LogP contribution < -0.4 is 10.9 Å². The van der Waals surface area contributed by atoms with Gasteiger partial charge < -0.3 is 24.3 Å². The van der Waals surface area contributed by atoms with Crippen LogP contribution in [0.4, 0.5) is 11.6 Å². The van der Waals surface area contributed by atoms with Crippen LogP contribution in [0.25, 0.3) is 11.2 Å². The number of hydrogen-bond donors (Lipinski definition) is 2. The molecule has 0 aliphatic carbocycles. The van der Waals surface area contributed by atoms with E-state index in [0.29, 0.717) is 5.69 Å². The number of aromatic amines is 1. The predicted octanol–water partition coefficient (Wildman–Crippen LogP) is 1.19. The molecule has 1 fully saturated rings. The fourth-order valence-corrected chi connectivity index (χ4v) is 3.75. The lowest BCUT2D eigenvalue weighted by atomic mass is 10.1. The molecule has 1 aromatic carbocycles. The number of nitrogens with zero attached hydrogens (tertiary/aromatic N) is 3. The van der Waals surface area contributed by atoms with Crippen LogP contribution >= 0.6 is 0 Å². The fourth-order valence-electron chi connectivity index (χ4n) is 3.75. The Kier molecular flexibility index (Phi) is 6.78. The van der Waals surface area contributed by atoms with Crippen molar-refractivity contribution < 1.29 is 33.3 Å². The van der Waals surface area contributed by atoms with Crippen molar-refractivity contribution in [3.05, 3.63) is 47.0 Å². The number of anilines is 2. The largest absolute Gasteiger partial charge is 0.463 e. The molecule has 13 nitrogen and oxygen atoms in total. The molecule has 13 heteroatoms. The topological polar surface area (TPSA) is 164 Å². The number of esters is 3. The van der Waals surface area contributed by atoms with E-state index in [2.05, 4.69) is 20.3 Å². The van der Waals surface area contributed by atoms with Gasteiger partial charge in [0, 0.05) is 26.5 Å². The standard InChI is InChI=1S/C22H23N5O8/c1-11(28)32-9-15-17(33-12(2)29)18(34-13(3)30)21(35-15)27-10-23-16-19(27)25-22(26-20(16)31)24-14-7-5-4-6-8-14/h4-8,10,15,17-18,21H,9H2,1-3H3,(H2,24,25,26,31). The third-order valence-corrected chi connectivity index (χ3v) is 5.08. The summed E-state index contributed by atoms with van der Waals surface area (Å²) in [5.41, 5.74) is 0.319. The van der Waals surface area contributed by atoms with Gasteiger partial charge in [-0.15, -0.1) is 0 Å². The maximum absolute atomic E-state index is 12.7. The number of carbonyl (C=O) groups excluding carboxylic acids is 3. The molecule has 184 valence electrons. The summed E-state index contributed by atoms with van der Waals surface area (Å²) in [6.45, 7) is 3.34. The molecule has 0 amide bonds. The SMILES string of the molecule is CC(=O)OCC1OC(n2cnc3c(=O)[nH]c(Nc4ccccc4)nc32)C(OC(C)=O)C1OC(C)=O. The Morgan fingerprint density at radius 1 is 1.06 bits per heavy atom. The van der Waals surface area contributed by atoms with E-state index in [0.717, 1.165) is 0 Å². The van der Waals surface area contributed by atoms with Gasteiger partial charge in [-0.05, 0) is 12.1 Å². The van der Waals surface area contributed by atoms with Gasteiger partial charge in [0.25, 0.3) is 5.56 Å². The first-order valence-electron chi connectivity index (χ1n) is 10.6.